The van der Waals surface area contributed by atoms with Gasteiger partial charge in [0.1, 0.15) is 5.75 Å². The van der Waals surface area contributed by atoms with Crippen molar-refractivity contribution in [1.29, 1.82) is 0 Å². The molecule has 0 bridgehead atoms. The van der Waals surface area contributed by atoms with Gasteiger partial charge in [-0.05, 0) is 31.9 Å². The zero-order chi connectivity index (χ0) is 13.4. The van der Waals surface area contributed by atoms with E-state index in [0.717, 1.165) is 17.7 Å². The van der Waals surface area contributed by atoms with Crippen LogP contribution >= 0.6 is 0 Å². The predicted molar refractivity (Wildman–Crippen MR) is 74.2 cm³/mol. The van der Waals surface area contributed by atoms with Gasteiger partial charge in [0.05, 0.1) is 12.3 Å². The van der Waals surface area contributed by atoms with Gasteiger partial charge < -0.3 is 4.74 Å². The topological polar surface area (TPSA) is 60.2 Å². The summed E-state index contributed by atoms with van der Waals surface area (Å²) in [5.41, 5.74) is 3.95. The predicted octanol–water partition coefficient (Wildman–Crippen LogP) is 2.95. The standard InChI is InChI=1S/C14H25N3O/c1-4-5-6-7-14(17-15)12-8-13(10-16-9-12)18-11(2)3/h8-11,14,17H,4-7,15H2,1-3H3. The summed E-state index contributed by atoms with van der Waals surface area (Å²) in [5.74, 6) is 6.42. The van der Waals surface area contributed by atoms with Crippen molar-refractivity contribution >= 4 is 0 Å². The van der Waals surface area contributed by atoms with Gasteiger partial charge in [-0.15, -0.1) is 0 Å². The lowest BCUT2D eigenvalue weighted by Crippen LogP contribution is -2.28. The molecule has 1 rings (SSSR count). The molecule has 18 heavy (non-hydrogen) atoms. The van der Waals surface area contributed by atoms with Crippen molar-refractivity contribution < 1.29 is 4.74 Å². The summed E-state index contributed by atoms with van der Waals surface area (Å²) in [6, 6.07) is 2.17. The minimum Gasteiger partial charge on any atom is -0.489 e. The summed E-state index contributed by atoms with van der Waals surface area (Å²) in [7, 11) is 0. The lowest BCUT2D eigenvalue weighted by molar-refractivity contribution is 0.241. The van der Waals surface area contributed by atoms with E-state index in [4.69, 9.17) is 10.6 Å². The fourth-order valence-electron chi connectivity index (χ4n) is 1.91. The molecule has 0 saturated heterocycles. The number of ether oxygens (including phenoxy) is 1. The van der Waals surface area contributed by atoms with Crippen LogP contribution in [0.2, 0.25) is 0 Å². The summed E-state index contributed by atoms with van der Waals surface area (Å²) in [6.45, 7) is 6.21. The van der Waals surface area contributed by atoms with Crippen LogP contribution in [0.25, 0.3) is 0 Å². The molecule has 1 aromatic heterocycles. The van der Waals surface area contributed by atoms with Gasteiger partial charge in [0.15, 0.2) is 0 Å². The number of unbranched alkanes of at least 4 members (excludes halogenated alkanes) is 2. The van der Waals surface area contributed by atoms with E-state index < -0.39 is 0 Å². The molecule has 1 aromatic rings. The first-order valence-corrected chi connectivity index (χ1v) is 6.75. The second-order valence-corrected chi connectivity index (χ2v) is 4.84. The zero-order valence-electron chi connectivity index (χ0n) is 11.6. The summed E-state index contributed by atoms with van der Waals surface area (Å²) in [6.07, 6.45) is 8.39. The van der Waals surface area contributed by atoms with E-state index in [2.05, 4.69) is 17.3 Å². The van der Waals surface area contributed by atoms with Crippen molar-refractivity contribution in [2.45, 2.75) is 58.6 Å². The second-order valence-electron chi connectivity index (χ2n) is 4.84. The molecule has 3 N–H and O–H groups in total. The van der Waals surface area contributed by atoms with Crippen LogP contribution in [0.1, 0.15) is 58.1 Å². The summed E-state index contributed by atoms with van der Waals surface area (Å²) in [5, 5.41) is 0. The van der Waals surface area contributed by atoms with Crippen molar-refractivity contribution in [2.24, 2.45) is 5.84 Å². The van der Waals surface area contributed by atoms with Crippen LogP contribution in [0.3, 0.4) is 0 Å². The SMILES string of the molecule is CCCCCC(NN)c1cncc(OC(C)C)c1. The summed E-state index contributed by atoms with van der Waals surface area (Å²) in [4.78, 5) is 4.21. The second kappa shape index (κ2) is 8.06. The van der Waals surface area contributed by atoms with Gasteiger partial charge in [0.2, 0.25) is 0 Å². The molecule has 0 radical (unpaired) electrons. The van der Waals surface area contributed by atoms with Gasteiger partial charge in [0, 0.05) is 12.2 Å². The molecular weight excluding hydrogens is 226 g/mol. The Balaban J connectivity index is 2.66. The van der Waals surface area contributed by atoms with E-state index in [0.29, 0.717) is 0 Å². The molecule has 0 spiro atoms. The third-order valence-electron chi connectivity index (χ3n) is 2.81. The summed E-state index contributed by atoms with van der Waals surface area (Å²) < 4.78 is 5.64. The molecular formula is C14H25N3O. The number of pyridine rings is 1. The zero-order valence-corrected chi connectivity index (χ0v) is 11.6. The Morgan fingerprint density at radius 2 is 2.11 bits per heavy atom. The Hall–Kier alpha value is -1.13. The highest BCUT2D eigenvalue weighted by Gasteiger charge is 2.11. The van der Waals surface area contributed by atoms with E-state index in [1.165, 1.54) is 19.3 Å². The molecule has 0 aliphatic heterocycles. The number of rotatable bonds is 8. The number of nitrogens with one attached hydrogen (secondary N) is 1. The lowest BCUT2D eigenvalue weighted by Gasteiger charge is -2.17. The van der Waals surface area contributed by atoms with Crippen LogP contribution in [0, 0.1) is 0 Å². The Morgan fingerprint density at radius 1 is 1.33 bits per heavy atom. The minimum absolute atomic E-state index is 0.153. The first-order chi connectivity index (χ1) is 8.67. The highest BCUT2D eigenvalue weighted by molar-refractivity contribution is 5.26. The van der Waals surface area contributed by atoms with E-state index >= 15 is 0 Å². The first-order valence-electron chi connectivity index (χ1n) is 6.75. The number of hydrogen-bond donors (Lipinski definition) is 2. The molecule has 0 aromatic carbocycles. The van der Waals surface area contributed by atoms with Crippen LogP contribution in [0.4, 0.5) is 0 Å². The molecule has 0 saturated carbocycles. The van der Waals surface area contributed by atoms with Gasteiger partial charge in [0.25, 0.3) is 0 Å². The van der Waals surface area contributed by atoms with Crippen molar-refractivity contribution in [3.05, 3.63) is 24.0 Å². The molecule has 4 heteroatoms. The van der Waals surface area contributed by atoms with Crippen LogP contribution in [-0.2, 0) is 0 Å². The Bertz CT molecular complexity index is 342. The summed E-state index contributed by atoms with van der Waals surface area (Å²) >= 11 is 0. The molecule has 0 aliphatic rings. The van der Waals surface area contributed by atoms with Gasteiger partial charge in [-0.3, -0.25) is 16.3 Å². The monoisotopic (exact) mass is 251 g/mol. The number of hydrogen-bond acceptors (Lipinski definition) is 4. The van der Waals surface area contributed by atoms with Crippen LogP contribution in [0.5, 0.6) is 5.75 Å². The molecule has 0 aliphatic carbocycles. The molecule has 102 valence electrons. The highest BCUT2D eigenvalue weighted by Crippen LogP contribution is 2.22. The number of nitrogens with zero attached hydrogens (tertiary/aromatic N) is 1. The van der Waals surface area contributed by atoms with Crippen molar-refractivity contribution in [3.8, 4) is 5.75 Å². The normalized spacial score (nSPS) is 12.7. The third kappa shape index (κ3) is 5.02. The molecule has 0 amide bonds. The Labute approximate surface area is 110 Å². The van der Waals surface area contributed by atoms with Crippen LogP contribution in [0.15, 0.2) is 18.5 Å². The molecule has 4 nitrogen and oxygen atoms in total. The van der Waals surface area contributed by atoms with Crippen LogP contribution < -0.4 is 16.0 Å². The van der Waals surface area contributed by atoms with Crippen molar-refractivity contribution in [2.75, 3.05) is 0 Å². The number of nitrogens with two attached hydrogens (primary N) is 1. The number of hydrazine groups is 1. The van der Waals surface area contributed by atoms with Gasteiger partial charge in [-0.2, -0.15) is 0 Å². The van der Waals surface area contributed by atoms with Crippen molar-refractivity contribution in [1.82, 2.24) is 10.4 Å². The fourth-order valence-corrected chi connectivity index (χ4v) is 1.91. The first kappa shape index (κ1) is 14.9. The maximum atomic E-state index is 5.64. The van der Waals surface area contributed by atoms with E-state index in [1.54, 1.807) is 6.20 Å². The average Bonchev–Trinajstić information content (AvgIpc) is 2.34. The maximum Gasteiger partial charge on any atom is 0.138 e. The Kier molecular flexibility index (Phi) is 6.68. The van der Waals surface area contributed by atoms with Crippen molar-refractivity contribution in [3.63, 3.8) is 0 Å². The maximum absolute atomic E-state index is 5.64. The lowest BCUT2D eigenvalue weighted by atomic mass is 10.0. The van der Waals surface area contributed by atoms with Gasteiger partial charge in [-0.1, -0.05) is 26.2 Å². The highest BCUT2D eigenvalue weighted by atomic mass is 16.5. The van der Waals surface area contributed by atoms with Crippen LogP contribution in [-0.4, -0.2) is 11.1 Å². The van der Waals surface area contributed by atoms with E-state index in [1.807, 2.05) is 26.1 Å². The number of aromatic nitrogens is 1. The largest absolute Gasteiger partial charge is 0.489 e. The van der Waals surface area contributed by atoms with Gasteiger partial charge in [-0.25, -0.2) is 0 Å². The quantitative estimate of drug-likeness (QED) is 0.423. The smallest absolute Gasteiger partial charge is 0.138 e. The molecule has 1 unspecified atom stereocenters. The molecule has 0 fully saturated rings. The third-order valence-corrected chi connectivity index (χ3v) is 2.81. The fraction of sp³-hybridized carbons (Fsp3) is 0.643. The Morgan fingerprint density at radius 3 is 2.72 bits per heavy atom. The molecule has 1 heterocycles. The van der Waals surface area contributed by atoms with Gasteiger partial charge >= 0.3 is 0 Å². The average molecular weight is 251 g/mol. The van der Waals surface area contributed by atoms with E-state index in [-0.39, 0.29) is 12.1 Å². The van der Waals surface area contributed by atoms with E-state index in [9.17, 15) is 0 Å². The molecule has 1 atom stereocenters. The minimum atomic E-state index is 0.153.